The molecular formula is C40H40Cl2F3N3O10. The molecule has 3 aliphatic rings. The molecule has 310 valence electrons. The van der Waals surface area contributed by atoms with Gasteiger partial charge in [-0.25, -0.2) is 14.4 Å². The number of carboxylic acids is 1. The van der Waals surface area contributed by atoms with E-state index in [1.807, 2.05) is 18.2 Å². The minimum atomic E-state index is -5.08. The normalized spacial score (nSPS) is 18.1. The lowest BCUT2D eigenvalue weighted by Gasteiger charge is -2.44. The molecule has 0 aliphatic carbocycles. The number of carbonyl (C=O) groups excluding carboxylic acids is 2. The van der Waals surface area contributed by atoms with Crippen molar-refractivity contribution in [3.8, 4) is 17.2 Å². The second-order valence-electron chi connectivity index (χ2n) is 13.4. The summed E-state index contributed by atoms with van der Waals surface area (Å²) in [5.74, 6) is -1.85. The summed E-state index contributed by atoms with van der Waals surface area (Å²) in [7, 11) is 4.60. The van der Waals surface area contributed by atoms with Gasteiger partial charge in [0.2, 0.25) is 0 Å². The van der Waals surface area contributed by atoms with Gasteiger partial charge in [-0.1, -0.05) is 41.4 Å². The van der Waals surface area contributed by atoms with Crippen LogP contribution in [-0.4, -0.2) is 81.2 Å². The number of pyridine rings is 1. The number of anilines is 1. The van der Waals surface area contributed by atoms with Crippen LogP contribution in [0.4, 0.5) is 18.9 Å². The smallest absolute Gasteiger partial charge is 0.490 e. The van der Waals surface area contributed by atoms with Crippen LogP contribution in [0, 0.1) is 11.1 Å². The molecule has 13 nitrogen and oxygen atoms in total. The van der Waals surface area contributed by atoms with Gasteiger partial charge in [0.1, 0.15) is 28.0 Å². The Morgan fingerprint density at radius 3 is 2.10 bits per heavy atom. The van der Waals surface area contributed by atoms with Crippen LogP contribution in [0.3, 0.4) is 0 Å². The molecule has 3 atom stereocenters. The molecule has 0 spiro atoms. The van der Waals surface area contributed by atoms with Crippen molar-refractivity contribution in [3.05, 3.63) is 117 Å². The first-order chi connectivity index (χ1) is 27.6. The first-order valence-electron chi connectivity index (χ1n) is 17.8. The first kappa shape index (κ1) is 43.7. The number of esters is 2. The number of hydrogen-bond acceptors (Lipinski definition) is 11. The Morgan fingerprint density at radius 1 is 0.914 bits per heavy atom. The second-order valence-corrected chi connectivity index (χ2v) is 14.2. The van der Waals surface area contributed by atoms with Gasteiger partial charge in [0.15, 0.2) is 29.9 Å². The number of benzene rings is 3. The molecule has 0 radical (unpaired) electrons. The molecule has 7 rings (SSSR count). The Bertz CT molecular complexity index is 2060. The zero-order valence-electron chi connectivity index (χ0n) is 31.5. The van der Waals surface area contributed by atoms with E-state index in [0.717, 1.165) is 32.5 Å². The van der Waals surface area contributed by atoms with E-state index >= 15 is 0 Å². The molecule has 3 aromatic carbocycles. The molecule has 3 saturated heterocycles. The molecule has 0 saturated carbocycles. The monoisotopic (exact) mass is 849 g/mol. The average Bonchev–Trinajstić information content (AvgIpc) is 3.21. The van der Waals surface area contributed by atoms with Crippen LogP contribution >= 0.6 is 23.2 Å². The highest BCUT2D eigenvalue weighted by Gasteiger charge is 2.39. The van der Waals surface area contributed by atoms with E-state index in [-0.39, 0.29) is 34.1 Å². The molecule has 3 fully saturated rings. The highest BCUT2D eigenvalue weighted by Crippen LogP contribution is 2.36. The largest absolute Gasteiger partial charge is 0.619 e. The van der Waals surface area contributed by atoms with Gasteiger partial charge in [-0.2, -0.15) is 17.9 Å². The molecule has 0 amide bonds. The number of alkyl halides is 3. The molecule has 2 N–H and O–H groups in total. The molecule has 3 aliphatic heterocycles. The number of nitrogens with zero attached hydrogens (tertiary/aromatic N) is 2. The van der Waals surface area contributed by atoms with Crippen molar-refractivity contribution in [2.24, 2.45) is 5.92 Å². The molecule has 4 heterocycles. The number of ether oxygens (including phenoxy) is 5. The van der Waals surface area contributed by atoms with Crippen LogP contribution in [0.5, 0.6) is 17.2 Å². The fourth-order valence-electron chi connectivity index (χ4n) is 6.62. The number of halogens is 5. The summed E-state index contributed by atoms with van der Waals surface area (Å²) in [5, 5.41) is 22.6. The van der Waals surface area contributed by atoms with Gasteiger partial charge in [-0.05, 0) is 91.5 Å². The maximum atomic E-state index is 13.8. The van der Waals surface area contributed by atoms with Gasteiger partial charge in [0, 0.05) is 24.2 Å². The van der Waals surface area contributed by atoms with Gasteiger partial charge >= 0.3 is 24.1 Å². The third-order valence-electron chi connectivity index (χ3n) is 9.68. The SMILES string of the molecule is COc1cccc(C(Nc2ccc(C(=O)OC(Cc3c(Cl)c[n+]([O-])cc3Cl)c3ccc(OC)c(OC)c3)cc2)C(=O)O[C@H]2CN3CCC2CC3)c1.O=C(O)C(F)(F)F. The molecule has 1 aromatic heterocycles. The minimum Gasteiger partial charge on any atom is -0.619 e. The number of piperidine rings is 3. The topological polar surface area (TPSA) is 160 Å². The molecule has 18 heteroatoms. The van der Waals surface area contributed by atoms with Crippen molar-refractivity contribution in [2.75, 3.05) is 46.3 Å². The molecule has 2 bridgehead atoms. The van der Waals surface area contributed by atoms with Crippen molar-refractivity contribution in [3.63, 3.8) is 0 Å². The summed E-state index contributed by atoms with van der Waals surface area (Å²) in [6.45, 7) is 2.81. The van der Waals surface area contributed by atoms with Gasteiger partial charge in [-0.15, -0.1) is 0 Å². The van der Waals surface area contributed by atoms with E-state index in [0.29, 0.717) is 50.3 Å². The molecule has 2 unspecified atom stereocenters. The van der Waals surface area contributed by atoms with E-state index in [9.17, 15) is 28.0 Å². The Balaban J connectivity index is 0.000000839. The van der Waals surface area contributed by atoms with Crippen LogP contribution in [0.1, 0.15) is 52.0 Å². The number of carbonyl (C=O) groups is 3. The standard InChI is InChI=1S/C38H39Cl2N3O8.C2HF3O2/c1-47-28-6-4-5-26(17-28)36(38(45)51-35-22-42-15-13-23(35)14-16-42)41-27-10-7-24(8-11-27)37(44)50-33(19-29-30(39)20-43(46)21-31(29)40)25-9-12-32(48-2)34(18-25)49-3;3-2(4,5)1(6)7/h4-12,17-18,20-21,23,33,35-36,41H,13-16,19,22H2,1-3H3;(H,6,7)/t33?,35-,36?;/m0./s1. The van der Waals surface area contributed by atoms with Crippen molar-refractivity contribution >= 4 is 46.8 Å². The minimum absolute atomic E-state index is 0.0727. The van der Waals surface area contributed by atoms with Gasteiger partial charge in [0.05, 0.1) is 26.9 Å². The Kier molecular flexibility index (Phi) is 14.6. The van der Waals surface area contributed by atoms with Crippen LogP contribution in [0.2, 0.25) is 10.0 Å². The third-order valence-corrected chi connectivity index (χ3v) is 10.3. The molecule has 58 heavy (non-hydrogen) atoms. The lowest BCUT2D eigenvalue weighted by molar-refractivity contribution is -0.605. The maximum absolute atomic E-state index is 13.8. The number of rotatable bonds is 13. The predicted octanol–water partition coefficient (Wildman–Crippen LogP) is 7.22. The number of carboxylic acid groups (broad SMARTS) is 1. The first-order valence-corrected chi connectivity index (χ1v) is 18.6. The number of aliphatic carboxylic acids is 1. The predicted molar refractivity (Wildman–Crippen MR) is 205 cm³/mol. The fourth-order valence-corrected chi connectivity index (χ4v) is 7.22. The van der Waals surface area contributed by atoms with Crippen LogP contribution in [-0.2, 0) is 25.5 Å². The lowest BCUT2D eigenvalue weighted by Crippen LogP contribution is -2.52. The second kappa shape index (κ2) is 19.3. The van der Waals surface area contributed by atoms with Crippen LogP contribution in [0.25, 0.3) is 0 Å². The number of aromatic nitrogens is 1. The van der Waals surface area contributed by atoms with E-state index in [2.05, 4.69) is 10.2 Å². The van der Waals surface area contributed by atoms with Gasteiger partial charge in [0.25, 0.3) is 0 Å². The zero-order chi connectivity index (χ0) is 42.1. The zero-order valence-corrected chi connectivity index (χ0v) is 33.0. The quantitative estimate of drug-likeness (QED) is 0.0792. The Morgan fingerprint density at radius 2 is 1.55 bits per heavy atom. The van der Waals surface area contributed by atoms with E-state index in [4.69, 9.17) is 56.8 Å². The van der Waals surface area contributed by atoms with Crippen molar-refractivity contribution in [1.29, 1.82) is 0 Å². The summed E-state index contributed by atoms with van der Waals surface area (Å²) in [5.41, 5.74) is 2.57. The summed E-state index contributed by atoms with van der Waals surface area (Å²) in [6.07, 6.45) is -1.63. The summed E-state index contributed by atoms with van der Waals surface area (Å²) >= 11 is 12.8. The van der Waals surface area contributed by atoms with Crippen LogP contribution < -0.4 is 24.3 Å². The summed E-state index contributed by atoms with van der Waals surface area (Å²) in [4.78, 5) is 38.6. The van der Waals surface area contributed by atoms with Crippen molar-refractivity contribution < 1.29 is 61.1 Å². The van der Waals surface area contributed by atoms with E-state index in [1.165, 1.54) is 26.6 Å². The number of fused-ring (bicyclic) bond motifs is 3. The Labute approximate surface area is 341 Å². The highest BCUT2D eigenvalue weighted by atomic mass is 35.5. The highest BCUT2D eigenvalue weighted by molar-refractivity contribution is 6.35. The van der Waals surface area contributed by atoms with Crippen molar-refractivity contribution in [1.82, 2.24) is 4.90 Å². The number of nitrogens with one attached hydrogen (secondary N) is 1. The lowest BCUT2D eigenvalue weighted by atomic mass is 9.86. The van der Waals surface area contributed by atoms with Crippen LogP contribution in [0.15, 0.2) is 79.1 Å². The Hall–Kier alpha value is -5.45. The number of methoxy groups -OCH3 is 3. The summed E-state index contributed by atoms with van der Waals surface area (Å²) in [6, 6.07) is 18.3. The maximum Gasteiger partial charge on any atom is 0.490 e. The molecular weight excluding hydrogens is 810 g/mol. The molecule has 4 aromatic rings. The third kappa shape index (κ3) is 11.1. The van der Waals surface area contributed by atoms with E-state index in [1.54, 1.807) is 55.6 Å². The van der Waals surface area contributed by atoms with Gasteiger partial charge < -0.3 is 39.3 Å². The fraction of sp³-hybridized carbons (Fsp3) is 0.350. The van der Waals surface area contributed by atoms with Gasteiger partial charge in [-0.3, -0.25) is 4.90 Å². The van der Waals surface area contributed by atoms with E-state index < -0.39 is 30.3 Å². The number of hydrogen-bond donors (Lipinski definition) is 2. The average molecular weight is 851 g/mol. The van der Waals surface area contributed by atoms with Crippen molar-refractivity contribution in [2.45, 2.75) is 43.7 Å². The summed E-state index contributed by atoms with van der Waals surface area (Å²) < 4.78 is 60.7.